The minimum absolute atomic E-state index is 0.0994. The van der Waals surface area contributed by atoms with Crippen LogP contribution in [0.3, 0.4) is 0 Å². The van der Waals surface area contributed by atoms with Crippen LogP contribution in [0.2, 0.25) is 0 Å². The molecule has 0 spiro atoms. The predicted octanol–water partition coefficient (Wildman–Crippen LogP) is 3.46. The van der Waals surface area contributed by atoms with Crippen molar-refractivity contribution in [3.05, 3.63) is 26.0 Å². The molecule has 0 aliphatic carbocycles. The Morgan fingerprint density at radius 2 is 2.12 bits per heavy atom. The van der Waals surface area contributed by atoms with E-state index in [2.05, 4.69) is 25.9 Å². The van der Waals surface area contributed by atoms with Gasteiger partial charge in [0, 0.05) is 34.6 Å². The molecule has 0 bridgehead atoms. The molecular weight excluding hydrogens is 501 g/mol. The van der Waals surface area contributed by atoms with Gasteiger partial charge in [0.25, 0.3) is 0 Å². The lowest BCUT2D eigenvalue weighted by molar-refractivity contribution is 0.136. The fourth-order valence-electron chi connectivity index (χ4n) is 2.80. The van der Waals surface area contributed by atoms with Gasteiger partial charge >= 0.3 is 12.2 Å². The monoisotopic (exact) mass is 512 g/mol. The van der Waals surface area contributed by atoms with E-state index in [4.69, 9.17) is 5.11 Å². The van der Waals surface area contributed by atoms with Crippen molar-refractivity contribution in [2.45, 2.75) is 13.0 Å². The smallest absolute Gasteiger partial charge is 0.407 e. The Morgan fingerprint density at radius 1 is 1.42 bits per heavy atom. The van der Waals surface area contributed by atoms with Gasteiger partial charge in [-0.2, -0.15) is 14.4 Å². The number of piperazine rings is 1. The Hall–Kier alpha value is -1.30. The highest BCUT2D eigenvalue weighted by atomic mass is 127. The SMILES string of the molecule is CC1CN(C(=O)O)CCN1c1nc(F)nc2c(F)c(Br)c(I)cc12. The Labute approximate surface area is 158 Å². The first-order valence-corrected chi connectivity index (χ1v) is 8.92. The van der Waals surface area contributed by atoms with E-state index >= 15 is 0 Å². The van der Waals surface area contributed by atoms with E-state index in [1.54, 1.807) is 11.0 Å². The average Bonchev–Trinajstić information content (AvgIpc) is 2.53. The molecule has 3 rings (SSSR count). The van der Waals surface area contributed by atoms with Gasteiger partial charge in [-0.25, -0.2) is 9.18 Å². The lowest BCUT2D eigenvalue weighted by Gasteiger charge is -2.39. The largest absolute Gasteiger partial charge is 0.465 e. The zero-order valence-electron chi connectivity index (χ0n) is 12.4. The zero-order valence-corrected chi connectivity index (χ0v) is 16.2. The summed E-state index contributed by atoms with van der Waals surface area (Å²) in [5.74, 6) is -0.365. The molecule has 1 fully saturated rings. The highest BCUT2D eigenvalue weighted by Gasteiger charge is 2.29. The topological polar surface area (TPSA) is 69.6 Å². The molecule has 6 nitrogen and oxygen atoms in total. The number of fused-ring (bicyclic) bond motifs is 1. The van der Waals surface area contributed by atoms with Crippen LogP contribution in [-0.2, 0) is 0 Å². The number of carboxylic acid groups (broad SMARTS) is 1. The molecular formula is C14H12BrF2IN4O2. The molecule has 1 N–H and O–H groups in total. The molecule has 1 unspecified atom stereocenters. The second kappa shape index (κ2) is 6.54. The third kappa shape index (κ3) is 3.01. The summed E-state index contributed by atoms with van der Waals surface area (Å²) in [5, 5.41) is 9.50. The highest BCUT2D eigenvalue weighted by Crippen LogP contribution is 2.34. The third-order valence-corrected chi connectivity index (χ3v) is 6.32. The van der Waals surface area contributed by atoms with Gasteiger partial charge in [-0.05, 0) is 51.5 Å². The number of anilines is 1. The Bertz CT molecular complexity index is 838. The van der Waals surface area contributed by atoms with Crippen molar-refractivity contribution in [1.82, 2.24) is 14.9 Å². The molecule has 10 heteroatoms. The second-order valence-electron chi connectivity index (χ2n) is 5.47. The summed E-state index contributed by atoms with van der Waals surface area (Å²) in [4.78, 5) is 21.6. The molecule has 1 aromatic heterocycles. The number of carbonyl (C=O) groups is 1. The summed E-state index contributed by atoms with van der Waals surface area (Å²) in [7, 11) is 0. The fourth-order valence-corrected chi connectivity index (χ4v) is 3.65. The molecule has 2 heterocycles. The van der Waals surface area contributed by atoms with Crippen LogP contribution in [0.5, 0.6) is 0 Å². The van der Waals surface area contributed by atoms with Crippen LogP contribution < -0.4 is 4.90 Å². The third-order valence-electron chi connectivity index (χ3n) is 3.95. The highest BCUT2D eigenvalue weighted by molar-refractivity contribution is 14.1. The van der Waals surface area contributed by atoms with E-state index in [9.17, 15) is 13.6 Å². The van der Waals surface area contributed by atoms with Crippen molar-refractivity contribution < 1.29 is 18.7 Å². The van der Waals surface area contributed by atoms with Crippen molar-refractivity contribution >= 4 is 61.3 Å². The average molecular weight is 513 g/mol. The van der Waals surface area contributed by atoms with Crippen LogP contribution in [0.1, 0.15) is 6.92 Å². The summed E-state index contributed by atoms with van der Waals surface area (Å²) in [6, 6.07) is 1.46. The second-order valence-corrected chi connectivity index (χ2v) is 7.42. The predicted molar refractivity (Wildman–Crippen MR) is 96.3 cm³/mol. The lowest BCUT2D eigenvalue weighted by atomic mass is 10.1. The Morgan fingerprint density at radius 3 is 2.75 bits per heavy atom. The van der Waals surface area contributed by atoms with Crippen molar-refractivity contribution in [3.8, 4) is 0 Å². The van der Waals surface area contributed by atoms with Crippen LogP contribution in [0.4, 0.5) is 19.4 Å². The van der Waals surface area contributed by atoms with Crippen LogP contribution in [0.25, 0.3) is 10.9 Å². The van der Waals surface area contributed by atoms with Gasteiger partial charge in [0.05, 0.1) is 4.47 Å². The fraction of sp³-hybridized carbons (Fsp3) is 0.357. The normalized spacial score (nSPS) is 18.3. The molecule has 0 radical (unpaired) electrons. The van der Waals surface area contributed by atoms with Crippen LogP contribution in [0.15, 0.2) is 10.5 Å². The minimum Gasteiger partial charge on any atom is -0.465 e. The molecule has 1 saturated heterocycles. The number of rotatable bonds is 1. The summed E-state index contributed by atoms with van der Waals surface area (Å²) in [6.07, 6.45) is -2.01. The van der Waals surface area contributed by atoms with Crippen molar-refractivity contribution in [2.75, 3.05) is 24.5 Å². The first-order chi connectivity index (χ1) is 11.3. The van der Waals surface area contributed by atoms with E-state index in [1.165, 1.54) is 4.90 Å². The Balaban J connectivity index is 2.11. The van der Waals surface area contributed by atoms with Crippen LogP contribution >= 0.6 is 38.5 Å². The summed E-state index contributed by atoms with van der Waals surface area (Å²) < 4.78 is 29.1. The molecule has 1 aliphatic rings. The van der Waals surface area contributed by atoms with Gasteiger partial charge in [-0.1, -0.05) is 0 Å². The van der Waals surface area contributed by atoms with E-state index in [0.717, 1.165) is 0 Å². The molecule has 2 aromatic rings. The molecule has 1 aliphatic heterocycles. The number of nitrogens with zero attached hydrogens (tertiary/aromatic N) is 4. The number of hydrogen-bond acceptors (Lipinski definition) is 4. The minimum atomic E-state index is -1.02. The number of halogens is 4. The summed E-state index contributed by atoms with van der Waals surface area (Å²) in [6.45, 7) is 2.69. The zero-order chi connectivity index (χ0) is 17.6. The molecule has 128 valence electrons. The standard InChI is InChI=1S/C14H12BrF2IN4O2/c1-6-5-21(14(23)24)2-3-22(6)12-7-4-8(18)9(15)10(16)11(7)19-13(17)20-12/h4,6H,2-3,5H2,1H3,(H,23,24). The van der Waals surface area contributed by atoms with E-state index in [-0.39, 0.29) is 34.9 Å². The maximum absolute atomic E-state index is 14.4. The molecule has 1 atom stereocenters. The van der Waals surface area contributed by atoms with Gasteiger partial charge in [0.15, 0.2) is 5.82 Å². The number of aromatic nitrogens is 2. The van der Waals surface area contributed by atoms with Crippen molar-refractivity contribution in [1.29, 1.82) is 0 Å². The summed E-state index contributed by atoms with van der Waals surface area (Å²) >= 11 is 5.10. The maximum Gasteiger partial charge on any atom is 0.407 e. The first-order valence-electron chi connectivity index (χ1n) is 7.05. The number of amides is 1. The molecule has 1 amide bonds. The van der Waals surface area contributed by atoms with E-state index in [1.807, 2.05) is 29.5 Å². The molecule has 24 heavy (non-hydrogen) atoms. The van der Waals surface area contributed by atoms with E-state index < -0.39 is 18.0 Å². The van der Waals surface area contributed by atoms with Crippen molar-refractivity contribution in [2.24, 2.45) is 0 Å². The quantitative estimate of drug-likeness (QED) is 0.360. The van der Waals surface area contributed by atoms with Gasteiger partial charge in [0.1, 0.15) is 11.3 Å². The Kier molecular flexibility index (Phi) is 4.78. The lowest BCUT2D eigenvalue weighted by Crippen LogP contribution is -2.53. The van der Waals surface area contributed by atoms with Gasteiger partial charge in [0.2, 0.25) is 0 Å². The number of benzene rings is 1. The van der Waals surface area contributed by atoms with E-state index in [0.29, 0.717) is 15.5 Å². The van der Waals surface area contributed by atoms with Crippen LogP contribution in [-0.4, -0.2) is 51.7 Å². The first kappa shape index (κ1) is 17.5. The molecule has 0 saturated carbocycles. The van der Waals surface area contributed by atoms with Gasteiger partial charge in [-0.15, -0.1) is 0 Å². The number of hydrogen-bond donors (Lipinski definition) is 1. The van der Waals surface area contributed by atoms with Gasteiger partial charge < -0.3 is 14.9 Å². The van der Waals surface area contributed by atoms with Crippen molar-refractivity contribution in [3.63, 3.8) is 0 Å². The van der Waals surface area contributed by atoms with Crippen LogP contribution in [0, 0.1) is 15.5 Å². The summed E-state index contributed by atoms with van der Waals surface area (Å²) in [5.41, 5.74) is -0.0994. The molecule has 1 aromatic carbocycles. The maximum atomic E-state index is 14.4. The van der Waals surface area contributed by atoms with Gasteiger partial charge in [-0.3, -0.25) is 0 Å².